The van der Waals surface area contributed by atoms with Gasteiger partial charge in [-0.15, -0.1) is 0 Å². The van der Waals surface area contributed by atoms with Gasteiger partial charge in [-0.1, -0.05) is 67.7 Å². The SMILES string of the molecule is CC(C)(CCOC(C)(C)[Si](C)(C)C(C)(C)C)OCC(COC(C)(C)CCOC(C)(C)[Si](C)(C)C(C)(C)C)OC(C)(C)CCOC(C)(C)CC(=O)O. The first-order chi connectivity index (χ1) is 22.3. The van der Waals surface area contributed by atoms with Crippen LogP contribution in [0.1, 0.15) is 150 Å². The first kappa shape index (κ1) is 50.7. The summed E-state index contributed by atoms with van der Waals surface area (Å²) >= 11 is 0. The van der Waals surface area contributed by atoms with Crippen molar-refractivity contribution in [1.29, 1.82) is 0 Å². The van der Waals surface area contributed by atoms with Crippen molar-refractivity contribution in [2.24, 2.45) is 0 Å². The lowest BCUT2D eigenvalue weighted by Crippen LogP contribution is -2.58. The molecule has 0 aliphatic carbocycles. The molecule has 0 aliphatic rings. The minimum atomic E-state index is -1.74. The second-order valence-corrected chi connectivity index (χ2v) is 33.4. The van der Waals surface area contributed by atoms with E-state index in [1.807, 2.05) is 13.8 Å². The van der Waals surface area contributed by atoms with Crippen LogP contribution in [0, 0.1) is 0 Å². The third kappa shape index (κ3) is 16.9. The monoisotopic (exact) mass is 763 g/mol. The Labute approximate surface area is 318 Å². The Morgan fingerprint density at radius 1 is 0.490 bits per heavy atom. The number of hydrogen-bond donors (Lipinski definition) is 1. The van der Waals surface area contributed by atoms with Crippen LogP contribution < -0.4 is 0 Å². The number of hydrogen-bond acceptors (Lipinski definition) is 7. The molecular weight excluding hydrogens is 677 g/mol. The number of ether oxygens (including phenoxy) is 6. The lowest BCUT2D eigenvalue weighted by atomic mass is 10.0. The van der Waals surface area contributed by atoms with Crippen LogP contribution in [-0.4, -0.2) is 99.2 Å². The van der Waals surface area contributed by atoms with Gasteiger partial charge in [0.15, 0.2) is 0 Å². The smallest absolute Gasteiger partial charge is 0.306 e. The van der Waals surface area contributed by atoms with Gasteiger partial charge in [0.25, 0.3) is 0 Å². The second kappa shape index (κ2) is 18.1. The summed E-state index contributed by atoms with van der Waals surface area (Å²) in [7, 11) is -3.47. The van der Waals surface area contributed by atoms with Crippen molar-refractivity contribution < 1.29 is 38.3 Å². The van der Waals surface area contributed by atoms with E-state index in [1.54, 1.807) is 13.8 Å². The Kier molecular flexibility index (Phi) is 18.0. The Balaban J connectivity index is 5.70. The zero-order valence-electron chi connectivity index (χ0n) is 37.7. The molecule has 0 aliphatic heterocycles. The zero-order valence-corrected chi connectivity index (χ0v) is 39.7. The molecule has 10 heteroatoms. The van der Waals surface area contributed by atoms with Gasteiger partial charge in [0, 0.05) is 13.2 Å². The van der Waals surface area contributed by atoms with Gasteiger partial charge < -0.3 is 33.5 Å². The number of carboxylic acid groups (broad SMARTS) is 1. The van der Waals surface area contributed by atoms with Crippen LogP contribution in [0.4, 0.5) is 0 Å². The Hall–Kier alpha value is -0.336. The average Bonchev–Trinajstić information content (AvgIpc) is 2.87. The molecule has 306 valence electrons. The van der Waals surface area contributed by atoms with Crippen molar-refractivity contribution in [3.8, 4) is 0 Å². The van der Waals surface area contributed by atoms with Crippen LogP contribution in [0.5, 0.6) is 0 Å². The van der Waals surface area contributed by atoms with E-state index in [2.05, 4.69) is 123 Å². The summed E-state index contributed by atoms with van der Waals surface area (Å²) in [4.78, 5) is 11.3. The number of carboxylic acids is 1. The molecule has 0 rings (SSSR count). The normalized spacial score (nSPS) is 15.2. The van der Waals surface area contributed by atoms with Crippen LogP contribution in [0.15, 0.2) is 0 Å². The lowest BCUT2D eigenvalue weighted by Gasteiger charge is -2.48. The van der Waals surface area contributed by atoms with E-state index in [0.717, 1.165) is 12.8 Å². The summed E-state index contributed by atoms with van der Waals surface area (Å²) in [5.74, 6) is -0.877. The fraction of sp³-hybridized carbons (Fsp3) is 0.976. The van der Waals surface area contributed by atoms with E-state index in [0.29, 0.717) is 39.5 Å². The van der Waals surface area contributed by atoms with E-state index >= 15 is 0 Å². The maximum absolute atomic E-state index is 11.3. The van der Waals surface area contributed by atoms with Crippen molar-refractivity contribution in [3.05, 3.63) is 0 Å². The van der Waals surface area contributed by atoms with Gasteiger partial charge in [-0.3, -0.25) is 4.79 Å². The first-order valence-electron chi connectivity index (χ1n) is 19.4. The molecule has 0 amide bonds. The molecule has 0 fully saturated rings. The van der Waals surface area contributed by atoms with Gasteiger partial charge in [-0.05, 0) is 112 Å². The quantitative estimate of drug-likeness (QED) is 0.0972. The molecule has 0 aromatic carbocycles. The number of rotatable bonds is 24. The largest absolute Gasteiger partial charge is 0.481 e. The maximum atomic E-state index is 11.3. The van der Waals surface area contributed by atoms with Crippen LogP contribution >= 0.6 is 0 Å². The third-order valence-electron chi connectivity index (χ3n) is 12.7. The molecule has 0 bridgehead atoms. The van der Waals surface area contributed by atoms with Gasteiger partial charge in [0.1, 0.15) is 6.10 Å². The maximum Gasteiger partial charge on any atom is 0.306 e. The molecule has 0 saturated carbocycles. The summed E-state index contributed by atoms with van der Waals surface area (Å²) < 4.78 is 39.0. The van der Waals surface area contributed by atoms with Crippen LogP contribution in [0.2, 0.25) is 36.3 Å². The van der Waals surface area contributed by atoms with Crippen molar-refractivity contribution in [3.63, 3.8) is 0 Å². The molecule has 51 heavy (non-hydrogen) atoms. The Morgan fingerprint density at radius 3 is 1.12 bits per heavy atom. The topological polar surface area (TPSA) is 92.7 Å². The molecule has 8 nitrogen and oxygen atoms in total. The lowest BCUT2D eigenvalue weighted by molar-refractivity contribution is -0.178. The first-order valence-corrected chi connectivity index (χ1v) is 25.4. The molecular formula is C41H86O8Si2. The van der Waals surface area contributed by atoms with E-state index in [-0.39, 0.29) is 33.0 Å². The van der Waals surface area contributed by atoms with Gasteiger partial charge in [-0.2, -0.15) is 0 Å². The Morgan fingerprint density at radius 2 is 0.804 bits per heavy atom. The highest BCUT2D eigenvalue weighted by Crippen LogP contribution is 2.45. The highest BCUT2D eigenvalue weighted by atomic mass is 28.3. The third-order valence-corrected chi connectivity index (χ3v) is 26.5. The van der Waals surface area contributed by atoms with Gasteiger partial charge in [0.05, 0.1) is 75.2 Å². The molecule has 0 saturated heterocycles. The van der Waals surface area contributed by atoms with Crippen LogP contribution in [0.3, 0.4) is 0 Å². The fourth-order valence-corrected chi connectivity index (χ4v) is 10.2. The van der Waals surface area contributed by atoms with Crippen molar-refractivity contribution >= 4 is 22.1 Å². The molecule has 1 N–H and O–H groups in total. The van der Waals surface area contributed by atoms with Crippen LogP contribution in [0.25, 0.3) is 0 Å². The highest BCUT2D eigenvalue weighted by Gasteiger charge is 2.49. The molecule has 0 aromatic heterocycles. The fourth-order valence-electron chi connectivity index (χ4n) is 5.67. The van der Waals surface area contributed by atoms with Gasteiger partial charge in [0.2, 0.25) is 0 Å². The molecule has 0 aromatic rings. The minimum absolute atomic E-state index is 0.0592. The molecule has 0 radical (unpaired) electrons. The van der Waals surface area contributed by atoms with Crippen LogP contribution in [-0.2, 0) is 33.2 Å². The minimum Gasteiger partial charge on any atom is -0.481 e. The zero-order chi connectivity index (χ0) is 40.8. The van der Waals surface area contributed by atoms with Crippen molar-refractivity contribution in [2.75, 3.05) is 33.0 Å². The van der Waals surface area contributed by atoms with E-state index in [4.69, 9.17) is 28.4 Å². The molecule has 0 unspecified atom stereocenters. The summed E-state index contributed by atoms with van der Waals surface area (Å²) in [6.45, 7) is 51.1. The predicted molar refractivity (Wildman–Crippen MR) is 220 cm³/mol. The standard InChI is InChI=1S/C41H86O8Si2/c1-34(2,3)50(19,20)40(15,16)45-27-23-36(7,8)47-30-32(49-38(11,12)25-26-44-39(13,14)29-33(42)43)31-48-37(9,10)24-28-46-41(17,18)51(21,22)35(4,5)6/h32H,23-31H2,1-22H3,(H,42,43). The van der Waals surface area contributed by atoms with Gasteiger partial charge >= 0.3 is 5.97 Å². The highest BCUT2D eigenvalue weighted by molar-refractivity contribution is 6.83. The summed E-state index contributed by atoms with van der Waals surface area (Å²) in [5, 5.41) is 9.34. The average molecular weight is 763 g/mol. The van der Waals surface area contributed by atoms with Crippen molar-refractivity contribution in [1.82, 2.24) is 0 Å². The summed E-state index contributed by atoms with van der Waals surface area (Å²) in [6.07, 6.45) is 1.70. The van der Waals surface area contributed by atoms with E-state index in [1.165, 1.54) is 0 Å². The molecule has 0 atom stereocenters. The molecule has 0 heterocycles. The molecule has 0 spiro atoms. The predicted octanol–water partition coefficient (Wildman–Crippen LogP) is 10.9. The summed E-state index contributed by atoms with van der Waals surface area (Å²) in [6, 6.07) is 0. The second-order valence-electron chi connectivity index (χ2n) is 21.5. The number of aliphatic carboxylic acids is 1. The van der Waals surface area contributed by atoms with Crippen molar-refractivity contribution in [2.45, 2.75) is 226 Å². The van der Waals surface area contributed by atoms with E-state index in [9.17, 15) is 9.90 Å². The number of carbonyl (C=O) groups is 1. The summed E-state index contributed by atoms with van der Waals surface area (Å²) in [5.41, 5.74) is -2.18. The Bertz CT molecular complexity index is 1000. The van der Waals surface area contributed by atoms with Gasteiger partial charge in [-0.25, -0.2) is 0 Å². The van der Waals surface area contributed by atoms with E-state index < -0.39 is 44.5 Å².